The number of likely N-dealkylation sites (N-methyl/N-ethyl adjacent to an activating group) is 1. The second kappa shape index (κ2) is 8.25. The van der Waals surface area contributed by atoms with Gasteiger partial charge >= 0.3 is 0 Å². The lowest BCUT2D eigenvalue weighted by Crippen LogP contribution is -2.30. The molecule has 1 saturated heterocycles. The van der Waals surface area contributed by atoms with Gasteiger partial charge in [0.05, 0.1) is 19.3 Å². The molecule has 2 rings (SSSR count). The quantitative estimate of drug-likeness (QED) is 0.832. The van der Waals surface area contributed by atoms with E-state index >= 15 is 0 Å². The number of benzene rings is 1. The number of methoxy groups -OCH3 is 1. The summed E-state index contributed by atoms with van der Waals surface area (Å²) in [7, 11) is 1.68. The Bertz CT molecular complexity index is 374. The molecule has 0 bridgehead atoms. The van der Waals surface area contributed by atoms with Crippen LogP contribution in [0, 0.1) is 0 Å². The third kappa shape index (κ3) is 4.47. The fourth-order valence-corrected chi connectivity index (χ4v) is 2.38. The molecule has 1 atom stereocenters. The monoisotopic (exact) mass is 279 g/mol. The van der Waals surface area contributed by atoms with Crippen LogP contribution >= 0.6 is 0 Å². The molecule has 1 aliphatic heterocycles. The summed E-state index contributed by atoms with van der Waals surface area (Å²) >= 11 is 0. The van der Waals surface area contributed by atoms with Gasteiger partial charge in [0.1, 0.15) is 5.75 Å². The molecule has 1 unspecified atom stereocenters. The molecule has 1 heterocycles. The van der Waals surface area contributed by atoms with Crippen LogP contribution in [0.5, 0.6) is 5.75 Å². The highest BCUT2D eigenvalue weighted by Crippen LogP contribution is 2.24. The Morgan fingerprint density at radius 2 is 1.95 bits per heavy atom. The lowest BCUT2D eigenvalue weighted by Gasteiger charge is -2.28. The van der Waals surface area contributed by atoms with Gasteiger partial charge in [0, 0.05) is 19.8 Å². The van der Waals surface area contributed by atoms with Crippen LogP contribution in [0.2, 0.25) is 0 Å². The van der Waals surface area contributed by atoms with Gasteiger partial charge in [0.2, 0.25) is 0 Å². The highest BCUT2D eigenvalue weighted by Gasteiger charge is 2.20. The third-order valence-electron chi connectivity index (χ3n) is 3.59. The van der Waals surface area contributed by atoms with Gasteiger partial charge in [-0.15, -0.1) is 0 Å². The predicted octanol–water partition coefficient (Wildman–Crippen LogP) is 2.54. The first-order valence-corrected chi connectivity index (χ1v) is 7.41. The lowest BCUT2D eigenvalue weighted by atomic mass is 10.1. The highest BCUT2D eigenvalue weighted by atomic mass is 16.5. The van der Waals surface area contributed by atoms with E-state index in [1.807, 2.05) is 12.1 Å². The summed E-state index contributed by atoms with van der Waals surface area (Å²) in [6.07, 6.45) is 2.36. The summed E-state index contributed by atoms with van der Waals surface area (Å²) in [6, 6.07) is 8.14. The zero-order chi connectivity index (χ0) is 14.2. The van der Waals surface area contributed by atoms with Gasteiger partial charge in [-0.05, 0) is 37.1 Å². The molecule has 1 aromatic carbocycles. The summed E-state index contributed by atoms with van der Waals surface area (Å²) in [5.74, 6) is 0.877. The van der Waals surface area contributed by atoms with Gasteiger partial charge in [-0.25, -0.2) is 0 Å². The van der Waals surface area contributed by atoms with E-state index in [2.05, 4.69) is 24.4 Å². The Kier molecular flexibility index (Phi) is 6.30. The molecule has 0 amide bonds. The predicted molar refractivity (Wildman–Crippen MR) is 79.2 cm³/mol. The van der Waals surface area contributed by atoms with Crippen LogP contribution in [0.15, 0.2) is 24.3 Å². The smallest absolute Gasteiger partial charge is 0.118 e. The second-order valence-electron chi connectivity index (χ2n) is 5.02. The molecule has 1 aromatic rings. The van der Waals surface area contributed by atoms with Gasteiger partial charge in [-0.2, -0.15) is 0 Å². The van der Waals surface area contributed by atoms with Crippen molar-refractivity contribution in [3.63, 3.8) is 0 Å². The first kappa shape index (κ1) is 15.3. The largest absolute Gasteiger partial charge is 0.497 e. The Morgan fingerprint density at radius 3 is 2.55 bits per heavy atom. The number of hydrogen-bond donors (Lipinski definition) is 1. The molecule has 0 saturated carbocycles. The van der Waals surface area contributed by atoms with E-state index < -0.39 is 0 Å². The van der Waals surface area contributed by atoms with Crippen LogP contribution < -0.4 is 10.1 Å². The van der Waals surface area contributed by atoms with Crippen molar-refractivity contribution >= 4 is 0 Å². The fourth-order valence-electron chi connectivity index (χ4n) is 2.38. The molecule has 0 spiro atoms. The van der Waals surface area contributed by atoms with Gasteiger partial charge in [-0.1, -0.05) is 19.1 Å². The van der Waals surface area contributed by atoms with Crippen LogP contribution in [0.4, 0.5) is 0 Å². The minimum Gasteiger partial charge on any atom is -0.497 e. The Balaban J connectivity index is 2.00. The highest BCUT2D eigenvalue weighted by molar-refractivity contribution is 5.28. The molecule has 0 aliphatic carbocycles. The number of hydrogen-bond acceptors (Lipinski definition) is 4. The van der Waals surface area contributed by atoms with Crippen molar-refractivity contribution in [1.29, 1.82) is 0 Å². The maximum absolute atomic E-state index is 6.27. The first-order valence-electron chi connectivity index (χ1n) is 7.41. The summed E-state index contributed by atoms with van der Waals surface area (Å²) in [4.78, 5) is 0. The van der Waals surface area contributed by atoms with Crippen LogP contribution in [0.25, 0.3) is 0 Å². The molecule has 0 radical (unpaired) electrons. The van der Waals surface area contributed by atoms with E-state index in [4.69, 9.17) is 14.2 Å². The Labute approximate surface area is 121 Å². The molecule has 4 heteroatoms. The van der Waals surface area contributed by atoms with Crippen molar-refractivity contribution in [1.82, 2.24) is 5.32 Å². The number of ether oxygens (including phenoxy) is 3. The minimum absolute atomic E-state index is 0.0870. The van der Waals surface area contributed by atoms with Gasteiger partial charge < -0.3 is 19.5 Å². The van der Waals surface area contributed by atoms with Gasteiger partial charge in [0.25, 0.3) is 0 Å². The molecule has 0 aromatic heterocycles. The number of rotatable bonds is 7. The first-order chi connectivity index (χ1) is 9.83. The van der Waals surface area contributed by atoms with Crippen molar-refractivity contribution in [2.45, 2.75) is 32.0 Å². The van der Waals surface area contributed by atoms with Crippen molar-refractivity contribution < 1.29 is 14.2 Å². The topological polar surface area (TPSA) is 39.7 Å². The zero-order valence-corrected chi connectivity index (χ0v) is 12.4. The van der Waals surface area contributed by atoms with Crippen molar-refractivity contribution in [3.8, 4) is 5.75 Å². The summed E-state index contributed by atoms with van der Waals surface area (Å²) < 4.78 is 16.9. The van der Waals surface area contributed by atoms with Crippen molar-refractivity contribution in [2.75, 3.05) is 33.4 Å². The average Bonchev–Trinajstić information content (AvgIpc) is 2.52. The van der Waals surface area contributed by atoms with Crippen molar-refractivity contribution in [2.24, 2.45) is 0 Å². The zero-order valence-electron chi connectivity index (χ0n) is 12.4. The van der Waals surface area contributed by atoms with Crippen molar-refractivity contribution in [3.05, 3.63) is 29.8 Å². The third-order valence-corrected chi connectivity index (χ3v) is 3.59. The van der Waals surface area contributed by atoms with E-state index in [0.717, 1.165) is 44.9 Å². The normalized spacial score (nSPS) is 17.9. The van der Waals surface area contributed by atoms with E-state index in [1.165, 1.54) is 5.56 Å². The summed E-state index contributed by atoms with van der Waals surface area (Å²) in [5, 5.41) is 3.38. The maximum Gasteiger partial charge on any atom is 0.118 e. The lowest BCUT2D eigenvalue weighted by molar-refractivity contribution is -0.0687. The van der Waals surface area contributed by atoms with Crippen LogP contribution in [0.3, 0.4) is 0 Å². The minimum atomic E-state index is 0.0870. The molecule has 1 fully saturated rings. The van der Waals surface area contributed by atoms with E-state index in [0.29, 0.717) is 6.10 Å². The van der Waals surface area contributed by atoms with E-state index in [9.17, 15) is 0 Å². The van der Waals surface area contributed by atoms with Crippen LogP contribution in [0.1, 0.15) is 31.4 Å². The molecular formula is C16H25NO3. The second-order valence-corrected chi connectivity index (χ2v) is 5.02. The summed E-state index contributed by atoms with van der Waals surface area (Å²) in [6.45, 7) is 5.51. The molecular weight excluding hydrogens is 254 g/mol. The van der Waals surface area contributed by atoms with Crippen LogP contribution in [-0.4, -0.2) is 39.5 Å². The number of nitrogens with one attached hydrogen (secondary N) is 1. The van der Waals surface area contributed by atoms with Gasteiger partial charge in [0.15, 0.2) is 0 Å². The molecule has 112 valence electrons. The molecule has 4 nitrogen and oxygen atoms in total. The fraction of sp³-hybridized carbons (Fsp3) is 0.625. The Morgan fingerprint density at radius 1 is 1.25 bits per heavy atom. The standard InChI is InChI=1S/C16H25NO3/c1-3-17-12-16(20-15-8-10-19-11-9-15)13-4-6-14(18-2)7-5-13/h4-7,15-17H,3,8-12H2,1-2H3. The van der Waals surface area contributed by atoms with E-state index in [-0.39, 0.29) is 6.10 Å². The van der Waals surface area contributed by atoms with E-state index in [1.54, 1.807) is 7.11 Å². The summed E-state index contributed by atoms with van der Waals surface area (Å²) in [5.41, 5.74) is 1.19. The molecule has 1 N–H and O–H groups in total. The average molecular weight is 279 g/mol. The SMILES string of the molecule is CCNCC(OC1CCOCC1)c1ccc(OC)cc1. The molecule has 20 heavy (non-hydrogen) atoms. The molecule has 1 aliphatic rings. The van der Waals surface area contributed by atoms with Crippen LogP contribution in [-0.2, 0) is 9.47 Å². The Hall–Kier alpha value is -1.10. The maximum atomic E-state index is 6.27. The van der Waals surface area contributed by atoms with Gasteiger partial charge in [-0.3, -0.25) is 0 Å².